The summed E-state index contributed by atoms with van der Waals surface area (Å²) in [6, 6.07) is 0. The van der Waals surface area contributed by atoms with Crippen molar-refractivity contribution in [3.8, 4) is 0 Å². The van der Waals surface area contributed by atoms with Gasteiger partial charge in [0.05, 0.1) is 0 Å². The summed E-state index contributed by atoms with van der Waals surface area (Å²) < 4.78 is 0. The summed E-state index contributed by atoms with van der Waals surface area (Å²) in [5, 5.41) is 0. The Kier molecular flexibility index (Phi) is 7.72. The number of nitrogens with zero attached hydrogens (tertiary/aromatic N) is 1. The summed E-state index contributed by atoms with van der Waals surface area (Å²) >= 11 is 2.04. The molecule has 0 aliphatic heterocycles. The lowest BCUT2D eigenvalue weighted by atomic mass is 10.3. The number of allylic oxidation sites excluding steroid dienone is 1. The van der Waals surface area contributed by atoms with E-state index < -0.39 is 0 Å². The molecular formula is C10H21NS. The van der Waals surface area contributed by atoms with Crippen LogP contribution in [-0.4, -0.2) is 37.0 Å². The number of thioether (sulfide) groups is 1. The van der Waals surface area contributed by atoms with Crippen LogP contribution in [-0.2, 0) is 0 Å². The molecular weight excluding hydrogens is 166 g/mol. The van der Waals surface area contributed by atoms with Gasteiger partial charge in [0.1, 0.15) is 0 Å². The van der Waals surface area contributed by atoms with Crippen LogP contribution >= 0.6 is 11.8 Å². The summed E-state index contributed by atoms with van der Waals surface area (Å²) in [4.78, 5) is 2.24. The molecule has 0 amide bonds. The quantitative estimate of drug-likeness (QED) is 0.445. The van der Waals surface area contributed by atoms with Crippen molar-refractivity contribution in [2.45, 2.75) is 19.8 Å². The van der Waals surface area contributed by atoms with Crippen molar-refractivity contribution >= 4 is 11.8 Å². The fraction of sp³-hybridized carbons (Fsp3) is 0.800. The molecule has 0 N–H and O–H groups in total. The van der Waals surface area contributed by atoms with E-state index in [0.717, 1.165) is 0 Å². The first-order valence-corrected chi connectivity index (χ1v) is 5.65. The average Bonchev–Trinajstić information content (AvgIpc) is 1.95. The average molecular weight is 187 g/mol. The monoisotopic (exact) mass is 187 g/mol. The van der Waals surface area contributed by atoms with E-state index in [2.05, 4.69) is 32.5 Å². The minimum atomic E-state index is 1.17. The molecule has 0 saturated carbocycles. The van der Waals surface area contributed by atoms with Gasteiger partial charge in [0.2, 0.25) is 0 Å². The summed E-state index contributed by atoms with van der Waals surface area (Å²) in [6.07, 6.45) is 2.47. The SMILES string of the molecule is C=C(C)CCSCCCN(C)C. The summed E-state index contributed by atoms with van der Waals surface area (Å²) in [5.41, 5.74) is 1.30. The molecule has 0 atom stereocenters. The number of hydrogen-bond acceptors (Lipinski definition) is 2. The van der Waals surface area contributed by atoms with Crippen LogP contribution in [0.5, 0.6) is 0 Å². The minimum absolute atomic E-state index is 1.17. The van der Waals surface area contributed by atoms with Gasteiger partial charge in [-0.2, -0.15) is 11.8 Å². The zero-order chi connectivity index (χ0) is 9.40. The van der Waals surface area contributed by atoms with E-state index in [9.17, 15) is 0 Å². The first-order valence-electron chi connectivity index (χ1n) is 4.50. The van der Waals surface area contributed by atoms with Crippen molar-refractivity contribution in [3.05, 3.63) is 12.2 Å². The highest BCUT2D eigenvalue weighted by molar-refractivity contribution is 7.99. The molecule has 0 bridgehead atoms. The Bertz CT molecular complexity index is 121. The van der Waals surface area contributed by atoms with Gasteiger partial charge in [-0.3, -0.25) is 0 Å². The highest BCUT2D eigenvalue weighted by Crippen LogP contribution is 2.08. The van der Waals surface area contributed by atoms with E-state index in [1.807, 2.05) is 11.8 Å². The van der Waals surface area contributed by atoms with Crippen LogP contribution in [0, 0.1) is 0 Å². The van der Waals surface area contributed by atoms with Gasteiger partial charge in [-0.05, 0) is 51.9 Å². The van der Waals surface area contributed by atoms with Gasteiger partial charge >= 0.3 is 0 Å². The van der Waals surface area contributed by atoms with E-state index in [0.29, 0.717) is 0 Å². The fourth-order valence-electron chi connectivity index (χ4n) is 0.831. The van der Waals surface area contributed by atoms with E-state index in [-0.39, 0.29) is 0 Å². The van der Waals surface area contributed by atoms with E-state index >= 15 is 0 Å². The first-order chi connectivity index (χ1) is 5.63. The molecule has 1 nitrogen and oxygen atoms in total. The van der Waals surface area contributed by atoms with Gasteiger partial charge in [0.15, 0.2) is 0 Å². The van der Waals surface area contributed by atoms with Gasteiger partial charge in [-0.15, -0.1) is 6.58 Å². The smallest absolute Gasteiger partial charge is 0.00170 e. The van der Waals surface area contributed by atoms with E-state index in [1.165, 1.54) is 36.5 Å². The predicted octanol–water partition coefficient (Wildman–Crippen LogP) is 2.64. The molecule has 0 heterocycles. The molecule has 0 aliphatic rings. The minimum Gasteiger partial charge on any atom is -0.309 e. The largest absolute Gasteiger partial charge is 0.309 e. The number of hydrogen-bond donors (Lipinski definition) is 0. The highest BCUT2D eigenvalue weighted by atomic mass is 32.2. The third kappa shape index (κ3) is 10.0. The Balaban J connectivity index is 2.96. The van der Waals surface area contributed by atoms with Gasteiger partial charge < -0.3 is 4.90 Å². The van der Waals surface area contributed by atoms with Crippen LogP contribution in [0.1, 0.15) is 19.8 Å². The van der Waals surface area contributed by atoms with Crippen molar-refractivity contribution in [1.82, 2.24) is 4.90 Å². The second kappa shape index (κ2) is 7.69. The molecule has 2 heteroatoms. The molecule has 0 rings (SSSR count). The van der Waals surface area contributed by atoms with E-state index in [1.54, 1.807) is 0 Å². The summed E-state index contributed by atoms with van der Waals surface area (Å²) in [6.45, 7) is 7.19. The van der Waals surface area contributed by atoms with Gasteiger partial charge in [0, 0.05) is 0 Å². The molecule has 0 radical (unpaired) electrons. The van der Waals surface area contributed by atoms with Crippen molar-refractivity contribution < 1.29 is 0 Å². The molecule has 0 aliphatic carbocycles. The van der Waals surface area contributed by atoms with Crippen molar-refractivity contribution in [2.75, 3.05) is 32.1 Å². The van der Waals surface area contributed by atoms with Crippen LogP contribution in [0.3, 0.4) is 0 Å². The fourth-order valence-corrected chi connectivity index (χ4v) is 1.86. The molecule has 0 aromatic rings. The summed E-state index contributed by atoms with van der Waals surface area (Å²) in [5.74, 6) is 2.52. The first kappa shape index (κ1) is 12.0. The molecule has 72 valence electrons. The molecule has 0 unspecified atom stereocenters. The highest BCUT2D eigenvalue weighted by Gasteiger charge is 1.92. The van der Waals surface area contributed by atoms with Gasteiger partial charge in [-0.1, -0.05) is 5.57 Å². The zero-order valence-corrected chi connectivity index (χ0v) is 9.41. The third-order valence-electron chi connectivity index (χ3n) is 1.57. The van der Waals surface area contributed by atoms with Crippen LogP contribution in [0.4, 0.5) is 0 Å². The number of rotatable bonds is 7. The summed E-state index contributed by atoms with van der Waals surface area (Å²) in [7, 11) is 4.25. The van der Waals surface area contributed by atoms with E-state index in [4.69, 9.17) is 0 Å². The Morgan fingerprint density at radius 1 is 1.33 bits per heavy atom. The maximum Gasteiger partial charge on any atom is -0.00170 e. The lowest BCUT2D eigenvalue weighted by Crippen LogP contribution is -2.13. The topological polar surface area (TPSA) is 3.24 Å². The Hall–Kier alpha value is 0.0500. The zero-order valence-electron chi connectivity index (χ0n) is 8.60. The van der Waals surface area contributed by atoms with Crippen molar-refractivity contribution in [1.29, 1.82) is 0 Å². The molecule has 12 heavy (non-hydrogen) atoms. The van der Waals surface area contributed by atoms with Crippen molar-refractivity contribution in [3.63, 3.8) is 0 Å². The van der Waals surface area contributed by atoms with Crippen molar-refractivity contribution in [2.24, 2.45) is 0 Å². The maximum atomic E-state index is 3.88. The van der Waals surface area contributed by atoms with Gasteiger partial charge in [-0.25, -0.2) is 0 Å². The van der Waals surface area contributed by atoms with Crippen LogP contribution in [0.2, 0.25) is 0 Å². The second-order valence-electron chi connectivity index (χ2n) is 3.48. The van der Waals surface area contributed by atoms with Crippen LogP contribution < -0.4 is 0 Å². The Morgan fingerprint density at radius 3 is 2.50 bits per heavy atom. The standard InChI is InChI=1S/C10H21NS/c1-10(2)6-9-12-8-5-7-11(3)4/h1,5-9H2,2-4H3. The lowest BCUT2D eigenvalue weighted by molar-refractivity contribution is 0.410. The molecule has 0 saturated heterocycles. The molecule has 0 spiro atoms. The Morgan fingerprint density at radius 2 is 2.00 bits per heavy atom. The predicted molar refractivity (Wildman–Crippen MR) is 59.9 cm³/mol. The normalized spacial score (nSPS) is 10.7. The van der Waals surface area contributed by atoms with Crippen LogP contribution in [0.15, 0.2) is 12.2 Å². The van der Waals surface area contributed by atoms with Crippen LogP contribution in [0.25, 0.3) is 0 Å². The molecule has 0 aromatic heterocycles. The maximum absolute atomic E-state index is 3.88. The second-order valence-corrected chi connectivity index (χ2v) is 4.70. The lowest BCUT2D eigenvalue weighted by Gasteiger charge is -2.08. The van der Waals surface area contributed by atoms with Gasteiger partial charge in [0.25, 0.3) is 0 Å². The molecule has 0 fully saturated rings. The Labute approximate surface area is 81.2 Å². The molecule has 0 aromatic carbocycles. The third-order valence-corrected chi connectivity index (χ3v) is 2.64.